The first-order valence-electron chi connectivity index (χ1n) is 14.3. The van der Waals surface area contributed by atoms with Gasteiger partial charge in [0, 0.05) is 45.0 Å². The number of hydrogen-bond donors (Lipinski definition) is 2. The van der Waals surface area contributed by atoms with E-state index in [0.29, 0.717) is 13.1 Å². The quantitative estimate of drug-likeness (QED) is 0.416. The van der Waals surface area contributed by atoms with Crippen molar-refractivity contribution in [2.24, 2.45) is 0 Å². The summed E-state index contributed by atoms with van der Waals surface area (Å²) in [5.74, 6) is -1.37. The molecule has 0 aliphatic carbocycles. The molecule has 0 aromatic heterocycles. The average Bonchev–Trinajstić information content (AvgIpc) is 3.00. The van der Waals surface area contributed by atoms with E-state index in [1.165, 1.54) is 28.2 Å². The molecule has 2 fully saturated rings. The first kappa shape index (κ1) is 30.2. The summed E-state index contributed by atoms with van der Waals surface area (Å²) in [5.41, 5.74) is 1.47. The highest BCUT2D eigenvalue weighted by atomic mass is 19.4. The number of carbonyl (C=O) groups excluding carboxylic acids is 3. The minimum absolute atomic E-state index is 0.0314. The Balaban J connectivity index is 1.19. The zero-order chi connectivity index (χ0) is 30.4. The number of nitrogens with one attached hydrogen (secondary N) is 2. The van der Waals surface area contributed by atoms with Crippen LogP contribution < -0.4 is 10.6 Å². The highest BCUT2D eigenvalue weighted by molar-refractivity contribution is 5.97. The number of benzene rings is 3. The van der Waals surface area contributed by atoms with Crippen molar-refractivity contribution in [3.8, 4) is 0 Å². The van der Waals surface area contributed by atoms with Crippen LogP contribution in [0, 0.1) is 0 Å². The summed E-state index contributed by atoms with van der Waals surface area (Å²) in [5, 5.41) is 5.12. The SMILES string of the molecule is O=C(C[C@H]1C(=O)NCCN1C(=O)CN1CCN(C(c2ccccc2)c2ccccc2)CC1)Nc1cccc(C(F)(F)F)c1. The van der Waals surface area contributed by atoms with Crippen molar-refractivity contribution in [2.45, 2.75) is 24.7 Å². The van der Waals surface area contributed by atoms with Gasteiger partial charge >= 0.3 is 6.18 Å². The van der Waals surface area contributed by atoms with Gasteiger partial charge in [-0.1, -0.05) is 66.7 Å². The Labute approximate surface area is 248 Å². The molecule has 2 aliphatic rings. The Morgan fingerprint density at radius 2 is 1.49 bits per heavy atom. The first-order chi connectivity index (χ1) is 20.7. The standard InChI is InChI=1S/C32H34F3N5O3/c33-32(34,35)25-12-7-13-26(20-25)37-28(41)21-27-31(43)36-14-15-40(27)29(42)22-38-16-18-39(19-17-38)30(23-8-3-1-4-9-23)24-10-5-2-6-11-24/h1-13,20,27,30H,14-19,21-22H2,(H,36,43)(H,37,41)/t27-/m0/s1. The molecule has 2 saturated heterocycles. The highest BCUT2D eigenvalue weighted by Gasteiger charge is 2.36. The second-order valence-electron chi connectivity index (χ2n) is 10.8. The number of amides is 3. The topological polar surface area (TPSA) is 85.0 Å². The Morgan fingerprint density at radius 3 is 2.09 bits per heavy atom. The molecule has 11 heteroatoms. The predicted octanol–water partition coefficient (Wildman–Crippen LogP) is 3.77. The van der Waals surface area contributed by atoms with Crippen LogP contribution in [-0.2, 0) is 20.6 Å². The van der Waals surface area contributed by atoms with Crippen LogP contribution in [0.25, 0.3) is 0 Å². The summed E-state index contributed by atoms with van der Waals surface area (Å²) >= 11 is 0. The molecule has 3 aromatic rings. The van der Waals surface area contributed by atoms with Crippen molar-refractivity contribution < 1.29 is 27.6 Å². The predicted molar refractivity (Wildman–Crippen MR) is 156 cm³/mol. The lowest BCUT2D eigenvalue weighted by Crippen LogP contribution is -2.60. The molecular weight excluding hydrogens is 559 g/mol. The molecule has 0 unspecified atom stereocenters. The molecule has 1 atom stereocenters. The van der Waals surface area contributed by atoms with Crippen LogP contribution in [0.5, 0.6) is 0 Å². The van der Waals surface area contributed by atoms with E-state index in [4.69, 9.17) is 0 Å². The van der Waals surface area contributed by atoms with E-state index >= 15 is 0 Å². The maximum absolute atomic E-state index is 13.4. The maximum atomic E-state index is 13.4. The molecule has 0 spiro atoms. The van der Waals surface area contributed by atoms with E-state index < -0.39 is 29.6 Å². The second kappa shape index (κ2) is 13.4. The molecule has 5 rings (SSSR count). The Kier molecular flexibility index (Phi) is 9.42. The lowest BCUT2D eigenvalue weighted by molar-refractivity contribution is -0.145. The molecule has 2 N–H and O–H groups in total. The van der Waals surface area contributed by atoms with Crippen LogP contribution in [0.3, 0.4) is 0 Å². The van der Waals surface area contributed by atoms with E-state index in [2.05, 4.69) is 44.7 Å². The zero-order valence-corrected chi connectivity index (χ0v) is 23.6. The van der Waals surface area contributed by atoms with Gasteiger partial charge in [-0.3, -0.25) is 24.2 Å². The number of carbonyl (C=O) groups is 3. The van der Waals surface area contributed by atoms with Gasteiger partial charge in [-0.2, -0.15) is 13.2 Å². The van der Waals surface area contributed by atoms with E-state index in [9.17, 15) is 27.6 Å². The molecule has 2 heterocycles. The van der Waals surface area contributed by atoms with Gasteiger partial charge < -0.3 is 15.5 Å². The van der Waals surface area contributed by atoms with Crippen molar-refractivity contribution >= 4 is 23.4 Å². The van der Waals surface area contributed by atoms with Crippen molar-refractivity contribution in [1.82, 2.24) is 20.0 Å². The summed E-state index contributed by atoms with van der Waals surface area (Å²) in [6.07, 6.45) is -4.92. The van der Waals surface area contributed by atoms with Crippen molar-refractivity contribution in [3.05, 3.63) is 102 Å². The van der Waals surface area contributed by atoms with E-state index in [0.717, 1.165) is 25.2 Å². The molecule has 0 saturated carbocycles. The van der Waals surface area contributed by atoms with Crippen LogP contribution >= 0.6 is 0 Å². The summed E-state index contributed by atoms with van der Waals surface area (Å²) < 4.78 is 39.2. The molecule has 3 aromatic carbocycles. The number of alkyl halides is 3. The fourth-order valence-electron chi connectivity index (χ4n) is 5.72. The van der Waals surface area contributed by atoms with Gasteiger partial charge in [-0.15, -0.1) is 0 Å². The lowest BCUT2D eigenvalue weighted by atomic mass is 9.96. The average molecular weight is 594 g/mol. The minimum Gasteiger partial charge on any atom is -0.353 e. The largest absolute Gasteiger partial charge is 0.416 e. The summed E-state index contributed by atoms with van der Waals surface area (Å²) in [6.45, 7) is 3.41. The molecule has 8 nitrogen and oxygen atoms in total. The number of nitrogens with zero attached hydrogens (tertiary/aromatic N) is 3. The first-order valence-corrected chi connectivity index (χ1v) is 14.3. The minimum atomic E-state index is -4.55. The lowest BCUT2D eigenvalue weighted by Gasteiger charge is -2.41. The van der Waals surface area contributed by atoms with E-state index in [-0.39, 0.29) is 43.7 Å². The van der Waals surface area contributed by atoms with Gasteiger partial charge in [0.05, 0.1) is 24.6 Å². The normalized spacial score (nSPS) is 18.4. The van der Waals surface area contributed by atoms with Gasteiger partial charge in [0.25, 0.3) is 0 Å². The molecular formula is C32H34F3N5O3. The van der Waals surface area contributed by atoms with Gasteiger partial charge in [0.2, 0.25) is 17.7 Å². The molecule has 0 radical (unpaired) electrons. The molecule has 3 amide bonds. The van der Waals surface area contributed by atoms with Crippen LogP contribution in [0.2, 0.25) is 0 Å². The smallest absolute Gasteiger partial charge is 0.353 e. The Bertz CT molecular complexity index is 1370. The van der Waals surface area contributed by atoms with Crippen LogP contribution in [0.4, 0.5) is 18.9 Å². The number of halogens is 3. The third kappa shape index (κ3) is 7.60. The molecule has 2 aliphatic heterocycles. The maximum Gasteiger partial charge on any atom is 0.416 e. The van der Waals surface area contributed by atoms with E-state index in [1.54, 1.807) is 0 Å². The fourth-order valence-corrected chi connectivity index (χ4v) is 5.72. The summed E-state index contributed by atoms with van der Waals surface area (Å²) in [6, 6.07) is 24.0. The van der Waals surface area contributed by atoms with Gasteiger partial charge in [-0.25, -0.2) is 0 Å². The Hall–Kier alpha value is -4.22. The Morgan fingerprint density at radius 1 is 0.860 bits per heavy atom. The van der Waals surface area contributed by atoms with Crippen molar-refractivity contribution in [3.63, 3.8) is 0 Å². The third-order valence-corrected chi connectivity index (χ3v) is 7.87. The summed E-state index contributed by atoms with van der Waals surface area (Å²) in [4.78, 5) is 44.7. The van der Waals surface area contributed by atoms with Crippen molar-refractivity contribution in [2.75, 3.05) is 51.1 Å². The second-order valence-corrected chi connectivity index (χ2v) is 10.8. The number of hydrogen-bond acceptors (Lipinski definition) is 5. The molecule has 43 heavy (non-hydrogen) atoms. The molecule has 226 valence electrons. The molecule has 0 bridgehead atoms. The summed E-state index contributed by atoms with van der Waals surface area (Å²) in [7, 11) is 0. The van der Waals surface area contributed by atoms with Crippen molar-refractivity contribution in [1.29, 1.82) is 0 Å². The highest BCUT2D eigenvalue weighted by Crippen LogP contribution is 2.31. The van der Waals surface area contributed by atoms with Crippen LogP contribution in [0.15, 0.2) is 84.9 Å². The van der Waals surface area contributed by atoms with Gasteiger partial charge in [-0.05, 0) is 29.3 Å². The third-order valence-electron chi connectivity index (χ3n) is 7.87. The zero-order valence-electron chi connectivity index (χ0n) is 23.6. The van der Waals surface area contributed by atoms with Crippen LogP contribution in [-0.4, -0.2) is 84.3 Å². The number of anilines is 1. The monoisotopic (exact) mass is 593 g/mol. The van der Waals surface area contributed by atoms with Gasteiger partial charge in [0.15, 0.2) is 0 Å². The fraction of sp³-hybridized carbons (Fsp3) is 0.344. The number of piperazine rings is 2. The van der Waals surface area contributed by atoms with Gasteiger partial charge in [0.1, 0.15) is 6.04 Å². The van der Waals surface area contributed by atoms with Crippen LogP contribution in [0.1, 0.15) is 29.2 Å². The number of rotatable bonds is 8. The van der Waals surface area contributed by atoms with E-state index in [1.807, 2.05) is 36.4 Å².